The van der Waals surface area contributed by atoms with Crippen molar-refractivity contribution < 1.29 is 13.2 Å². The van der Waals surface area contributed by atoms with E-state index in [0.29, 0.717) is 25.4 Å². The fourth-order valence-corrected chi connectivity index (χ4v) is 3.58. The van der Waals surface area contributed by atoms with Crippen LogP contribution in [-0.2, 0) is 14.8 Å². The highest BCUT2D eigenvalue weighted by atomic mass is 32.2. The molecule has 1 atom stereocenters. The van der Waals surface area contributed by atoms with Crippen molar-refractivity contribution in [1.29, 1.82) is 0 Å². The molecule has 0 amide bonds. The molecule has 1 aromatic rings. The number of anilines is 1. The van der Waals surface area contributed by atoms with E-state index in [0.717, 1.165) is 19.3 Å². The number of rotatable bonds is 7. The van der Waals surface area contributed by atoms with Crippen LogP contribution in [0.2, 0.25) is 0 Å². The minimum atomic E-state index is -3.61. The zero-order valence-electron chi connectivity index (χ0n) is 12.6. The first-order chi connectivity index (χ1) is 10.1. The van der Waals surface area contributed by atoms with Crippen LogP contribution in [0.1, 0.15) is 26.2 Å². The van der Waals surface area contributed by atoms with E-state index in [4.69, 9.17) is 4.74 Å². The molecular weight excluding hydrogens is 290 g/mol. The maximum Gasteiger partial charge on any atom is 0.262 e. The van der Waals surface area contributed by atoms with Gasteiger partial charge in [0.1, 0.15) is 0 Å². The van der Waals surface area contributed by atoms with Crippen LogP contribution in [0.15, 0.2) is 23.4 Å². The Kier molecular flexibility index (Phi) is 5.55. The largest absolute Gasteiger partial charge is 0.383 e. The average Bonchev–Trinajstić information content (AvgIpc) is 2.98. The van der Waals surface area contributed by atoms with Crippen molar-refractivity contribution in [2.45, 2.75) is 37.3 Å². The lowest BCUT2D eigenvalue weighted by Gasteiger charge is -2.21. The number of nitrogens with one attached hydrogen (secondary N) is 1. The molecule has 1 unspecified atom stereocenters. The minimum Gasteiger partial charge on any atom is -0.383 e. The van der Waals surface area contributed by atoms with Gasteiger partial charge in [-0.05, 0) is 31.4 Å². The Morgan fingerprint density at radius 2 is 2.33 bits per heavy atom. The summed E-state index contributed by atoms with van der Waals surface area (Å²) < 4.78 is 32.2. The van der Waals surface area contributed by atoms with Crippen LogP contribution in [0.3, 0.4) is 0 Å². The molecule has 1 aromatic heterocycles. The van der Waals surface area contributed by atoms with Gasteiger partial charge in [-0.1, -0.05) is 6.92 Å². The van der Waals surface area contributed by atoms with Crippen molar-refractivity contribution in [3.63, 3.8) is 0 Å². The summed E-state index contributed by atoms with van der Waals surface area (Å²) >= 11 is 0. The SMILES string of the molecule is CCCNc1cccnc1S(=O)(=O)N(C)CC1CCCO1. The van der Waals surface area contributed by atoms with E-state index in [-0.39, 0.29) is 11.1 Å². The lowest BCUT2D eigenvalue weighted by molar-refractivity contribution is 0.0978. The van der Waals surface area contributed by atoms with Crippen LogP contribution >= 0.6 is 0 Å². The Bertz CT molecular complexity index is 556. The summed E-state index contributed by atoms with van der Waals surface area (Å²) in [6.07, 6.45) is 4.30. The van der Waals surface area contributed by atoms with Gasteiger partial charge < -0.3 is 10.1 Å². The zero-order chi connectivity index (χ0) is 15.3. The van der Waals surface area contributed by atoms with Crippen LogP contribution in [0.25, 0.3) is 0 Å². The summed E-state index contributed by atoms with van der Waals surface area (Å²) in [6.45, 7) is 3.82. The van der Waals surface area contributed by atoms with Crippen LogP contribution in [0.5, 0.6) is 0 Å². The third kappa shape index (κ3) is 3.93. The summed E-state index contributed by atoms with van der Waals surface area (Å²) in [5.74, 6) is 0. The van der Waals surface area contributed by atoms with E-state index in [2.05, 4.69) is 10.3 Å². The molecule has 0 radical (unpaired) electrons. The molecule has 0 bridgehead atoms. The standard InChI is InChI=1S/C14H23N3O3S/c1-3-8-15-13-7-4-9-16-14(13)21(18,19)17(2)11-12-6-5-10-20-12/h4,7,9,12,15H,3,5-6,8,10-11H2,1-2H3. The van der Waals surface area contributed by atoms with Crippen molar-refractivity contribution >= 4 is 15.7 Å². The first kappa shape index (κ1) is 16.2. The van der Waals surface area contributed by atoms with Crippen molar-refractivity contribution in [1.82, 2.24) is 9.29 Å². The first-order valence-corrected chi connectivity index (χ1v) is 8.76. The fourth-order valence-electron chi connectivity index (χ4n) is 2.31. The molecule has 0 saturated carbocycles. The monoisotopic (exact) mass is 313 g/mol. The average molecular weight is 313 g/mol. The van der Waals surface area contributed by atoms with Crippen molar-refractivity contribution in [2.75, 3.05) is 32.1 Å². The number of ether oxygens (including phenoxy) is 1. The number of likely N-dealkylation sites (N-methyl/N-ethyl adjacent to an activating group) is 1. The van der Waals surface area contributed by atoms with Gasteiger partial charge in [-0.2, -0.15) is 4.31 Å². The highest BCUT2D eigenvalue weighted by Gasteiger charge is 2.28. The predicted molar refractivity (Wildman–Crippen MR) is 81.8 cm³/mol. The molecule has 21 heavy (non-hydrogen) atoms. The van der Waals surface area contributed by atoms with Gasteiger partial charge in [0.2, 0.25) is 0 Å². The Hall–Kier alpha value is -1.18. The maximum absolute atomic E-state index is 12.7. The predicted octanol–water partition coefficient (Wildman–Crippen LogP) is 1.70. The highest BCUT2D eigenvalue weighted by molar-refractivity contribution is 7.89. The van der Waals surface area contributed by atoms with Gasteiger partial charge in [-0.15, -0.1) is 0 Å². The van der Waals surface area contributed by atoms with Crippen molar-refractivity contribution in [3.8, 4) is 0 Å². The fraction of sp³-hybridized carbons (Fsp3) is 0.643. The van der Waals surface area contributed by atoms with E-state index < -0.39 is 10.0 Å². The van der Waals surface area contributed by atoms with E-state index >= 15 is 0 Å². The van der Waals surface area contributed by atoms with Crippen LogP contribution in [0, 0.1) is 0 Å². The normalized spacial score (nSPS) is 19.1. The third-order valence-electron chi connectivity index (χ3n) is 3.48. The van der Waals surface area contributed by atoms with Gasteiger partial charge in [0, 0.05) is 32.9 Å². The summed E-state index contributed by atoms with van der Waals surface area (Å²) in [5.41, 5.74) is 0.554. The number of hydrogen-bond acceptors (Lipinski definition) is 5. The maximum atomic E-state index is 12.7. The number of pyridine rings is 1. The first-order valence-electron chi connectivity index (χ1n) is 7.32. The molecule has 1 fully saturated rings. The molecule has 0 spiro atoms. The molecule has 1 aliphatic rings. The lowest BCUT2D eigenvalue weighted by Crippen LogP contribution is -2.35. The van der Waals surface area contributed by atoms with Gasteiger partial charge in [0.05, 0.1) is 11.8 Å². The van der Waals surface area contributed by atoms with Gasteiger partial charge >= 0.3 is 0 Å². The smallest absolute Gasteiger partial charge is 0.262 e. The molecule has 2 heterocycles. The van der Waals surface area contributed by atoms with Crippen LogP contribution in [-0.4, -0.2) is 50.6 Å². The Labute approximate surface area is 126 Å². The molecule has 7 heteroatoms. The second-order valence-corrected chi connectivity index (χ2v) is 7.16. The Morgan fingerprint density at radius 1 is 1.52 bits per heavy atom. The summed E-state index contributed by atoms with van der Waals surface area (Å²) in [6, 6.07) is 3.48. The molecule has 6 nitrogen and oxygen atoms in total. The van der Waals surface area contributed by atoms with Crippen LogP contribution in [0.4, 0.5) is 5.69 Å². The third-order valence-corrected chi connectivity index (χ3v) is 5.26. The van der Waals surface area contributed by atoms with Gasteiger partial charge in [-0.3, -0.25) is 0 Å². The summed E-state index contributed by atoms with van der Waals surface area (Å²) in [7, 11) is -2.03. The quantitative estimate of drug-likeness (QED) is 0.829. The summed E-state index contributed by atoms with van der Waals surface area (Å²) in [4.78, 5) is 4.07. The number of nitrogens with zero attached hydrogens (tertiary/aromatic N) is 2. The second-order valence-electron chi connectivity index (χ2n) is 5.20. The summed E-state index contributed by atoms with van der Waals surface area (Å²) in [5, 5.41) is 3.20. The minimum absolute atomic E-state index is 0.0134. The molecule has 1 saturated heterocycles. The molecule has 1 aliphatic heterocycles. The Balaban J connectivity index is 2.17. The highest BCUT2D eigenvalue weighted by Crippen LogP contribution is 2.23. The van der Waals surface area contributed by atoms with E-state index in [1.165, 1.54) is 10.5 Å². The van der Waals surface area contributed by atoms with Crippen molar-refractivity contribution in [2.24, 2.45) is 0 Å². The number of sulfonamides is 1. The molecule has 0 aromatic carbocycles. The van der Waals surface area contributed by atoms with E-state index in [1.54, 1.807) is 19.2 Å². The second kappa shape index (κ2) is 7.20. The lowest BCUT2D eigenvalue weighted by atomic mass is 10.2. The van der Waals surface area contributed by atoms with E-state index in [9.17, 15) is 8.42 Å². The number of aromatic nitrogens is 1. The van der Waals surface area contributed by atoms with E-state index in [1.807, 2.05) is 6.92 Å². The Morgan fingerprint density at radius 3 is 3.00 bits per heavy atom. The molecule has 2 rings (SSSR count). The molecule has 1 N–H and O–H groups in total. The van der Waals surface area contributed by atoms with Gasteiger partial charge in [-0.25, -0.2) is 13.4 Å². The zero-order valence-corrected chi connectivity index (χ0v) is 13.4. The van der Waals surface area contributed by atoms with Crippen LogP contribution < -0.4 is 5.32 Å². The molecule has 0 aliphatic carbocycles. The number of hydrogen-bond donors (Lipinski definition) is 1. The van der Waals surface area contributed by atoms with Gasteiger partial charge in [0.15, 0.2) is 5.03 Å². The molecular formula is C14H23N3O3S. The van der Waals surface area contributed by atoms with Crippen molar-refractivity contribution in [3.05, 3.63) is 18.3 Å². The topological polar surface area (TPSA) is 71.5 Å². The van der Waals surface area contributed by atoms with Gasteiger partial charge in [0.25, 0.3) is 10.0 Å². The molecule has 118 valence electrons.